The van der Waals surface area contributed by atoms with Crippen molar-refractivity contribution >= 4 is 11.6 Å². The summed E-state index contributed by atoms with van der Waals surface area (Å²) in [6.45, 7) is 0.648. The first-order chi connectivity index (χ1) is 8.65. The molecule has 1 heterocycles. The molecule has 4 heteroatoms. The highest BCUT2D eigenvalue weighted by Gasteiger charge is 2.32. The maximum absolute atomic E-state index is 13.2. The van der Waals surface area contributed by atoms with Crippen LogP contribution in [0.1, 0.15) is 24.8 Å². The molecule has 1 aliphatic carbocycles. The molecule has 1 atom stereocenters. The Morgan fingerprint density at radius 3 is 3.00 bits per heavy atom. The largest absolute Gasteiger partial charge is 0.327 e. The van der Waals surface area contributed by atoms with Gasteiger partial charge in [-0.1, -0.05) is 6.07 Å². The van der Waals surface area contributed by atoms with Crippen LogP contribution in [0, 0.1) is 11.7 Å². The van der Waals surface area contributed by atoms with E-state index < -0.39 is 0 Å². The van der Waals surface area contributed by atoms with Crippen LogP contribution in [-0.2, 0) is 11.2 Å². The van der Waals surface area contributed by atoms with E-state index in [9.17, 15) is 9.18 Å². The lowest BCUT2D eigenvalue weighted by Gasteiger charge is -2.19. The molecule has 3 rings (SSSR count). The van der Waals surface area contributed by atoms with Gasteiger partial charge in [0, 0.05) is 24.7 Å². The van der Waals surface area contributed by atoms with Gasteiger partial charge in [0.1, 0.15) is 5.82 Å². The van der Waals surface area contributed by atoms with E-state index in [2.05, 4.69) is 0 Å². The Morgan fingerprint density at radius 1 is 1.50 bits per heavy atom. The standard InChI is InChI=1S/C14H17FN2O/c15-11-4-3-10-5-6-17(13(10)7-11)14(18)8-12(16)9-1-2-9/h3-4,7,9,12H,1-2,5-6,8,16H2. The Balaban J connectivity index is 1.74. The first-order valence-corrected chi connectivity index (χ1v) is 6.49. The molecule has 0 radical (unpaired) electrons. The average Bonchev–Trinajstić information content (AvgIpc) is 3.10. The fourth-order valence-electron chi connectivity index (χ4n) is 2.61. The van der Waals surface area contributed by atoms with E-state index in [1.54, 1.807) is 11.0 Å². The highest BCUT2D eigenvalue weighted by atomic mass is 19.1. The Morgan fingerprint density at radius 2 is 2.28 bits per heavy atom. The lowest BCUT2D eigenvalue weighted by molar-refractivity contribution is -0.118. The molecule has 3 nitrogen and oxygen atoms in total. The first-order valence-electron chi connectivity index (χ1n) is 6.49. The maximum atomic E-state index is 13.2. The number of nitrogens with two attached hydrogens (primary N) is 1. The molecule has 0 saturated heterocycles. The van der Waals surface area contributed by atoms with Gasteiger partial charge in [-0.15, -0.1) is 0 Å². The number of rotatable bonds is 3. The van der Waals surface area contributed by atoms with Gasteiger partial charge in [-0.25, -0.2) is 4.39 Å². The quantitative estimate of drug-likeness (QED) is 0.887. The normalized spacial score (nSPS) is 19.8. The maximum Gasteiger partial charge on any atom is 0.228 e. The van der Waals surface area contributed by atoms with Gasteiger partial charge in [-0.3, -0.25) is 4.79 Å². The van der Waals surface area contributed by atoms with E-state index in [0.717, 1.165) is 30.5 Å². The molecule has 1 saturated carbocycles. The number of nitrogens with zero attached hydrogens (tertiary/aromatic N) is 1. The van der Waals surface area contributed by atoms with Gasteiger partial charge in [-0.2, -0.15) is 0 Å². The summed E-state index contributed by atoms with van der Waals surface area (Å²) in [6, 6.07) is 4.62. The molecule has 2 N–H and O–H groups in total. The van der Waals surface area contributed by atoms with Gasteiger partial charge in [0.25, 0.3) is 0 Å². The summed E-state index contributed by atoms with van der Waals surface area (Å²) in [5.74, 6) is 0.252. The lowest BCUT2D eigenvalue weighted by atomic mass is 10.1. The number of amides is 1. The molecule has 1 unspecified atom stereocenters. The van der Waals surface area contributed by atoms with Gasteiger partial charge in [-0.05, 0) is 42.9 Å². The van der Waals surface area contributed by atoms with Crippen molar-refractivity contribution in [3.05, 3.63) is 29.6 Å². The summed E-state index contributed by atoms with van der Waals surface area (Å²) in [6.07, 6.45) is 3.46. The topological polar surface area (TPSA) is 46.3 Å². The van der Waals surface area contributed by atoms with Crippen molar-refractivity contribution in [3.8, 4) is 0 Å². The first kappa shape index (κ1) is 11.7. The number of hydrogen-bond acceptors (Lipinski definition) is 2. The Labute approximate surface area is 106 Å². The average molecular weight is 248 g/mol. The number of hydrogen-bond donors (Lipinski definition) is 1. The summed E-state index contributed by atoms with van der Waals surface area (Å²) in [5, 5.41) is 0. The highest BCUT2D eigenvalue weighted by Crippen LogP contribution is 2.34. The number of halogens is 1. The lowest BCUT2D eigenvalue weighted by Crippen LogP contribution is -2.35. The van der Waals surface area contributed by atoms with Crippen molar-refractivity contribution < 1.29 is 9.18 Å². The van der Waals surface area contributed by atoms with E-state index >= 15 is 0 Å². The molecule has 2 aliphatic rings. The van der Waals surface area contributed by atoms with Crippen molar-refractivity contribution in [3.63, 3.8) is 0 Å². The van der Waals surface area contributed by atoms with Crippen molar-refractivity contribution in [2.75, 3.05) is 11.4 Å². The zero-order valence-corrected chi connectivity index (χ0v) is 10.2. The van der Waals surface area contributed by atoms with Crippen molar-refractivity contribution in [1.82, 2.24) is 0 Å². The van der Waals surface area contributed by atoms with Crippen LogP contribution in [0.4, 0.5) is 10.1 Å². The molecular weight excluding hydrogens is 231 g/mol. The van der Waals surface area contributed by atoms with E-state index in [0.29, 0.717) is 18.9 Å². The van der Waals surface area contributed by atoms with Crippen LogP contribution in [0.25, 0.3) is 0 Å². The minimum absolute atomic E-state index is 0.0266. The fraction of sp³-hybridized carbons (Fsp3) is 0.500. The van der Waals surface area contributed by atoms with Gasteiger partial charge >= 0.3 is 0 Å². The number of anilines is 1. The second-order valence-corrected chi connectivity index (χ2v) is 5.27. The van der Waals surface area contributed by atoms with Crippen LogP contribution < -0.4 is 10.6 Å². The van der Waals surface area contributed by atoms with Crippen molar-refractivity contribution in [2.24, 2.45) is 11.7 Å². The van der Waals surface area contributed by atoms with Crippen LogP contribution in [0.15, 0.2) is 18.2 Å². The fourth-order valence-corrected chi connectivity index (χ4v) is 2.61. The molecule has 0 aromatic heterocycles. The predicted octanol–water partition coefficient (Wildman–Crippen LogP) is 1.84. The molecule has 1 aliphatic heterocycles. The van der Waals surface area contributed by atoms with E-state index in [1.165, 1.54) is 12.1 Å². The summed E-state index contributed by atoms with van der Waals surface area (Å²) < 4.78 is 13.2. The predicted molar refractivity (Wildman–Crippen MR) is 67.8 cm³/mol. The van der Waals surface area contributed by atoms with Crippen LogP contribution in [0.5, 0.6) is 0 Å². The molecule has 0 spiro atoms. The van der Waals surface area contributed by atoms with Gasteiger partial charge in [0.15, 0.2) is 0 Å². The third kappa shape index (κ3) is 2.12. The monoisotopic (exact) mass is 248 g/mol. The molecule has 1 fully saturated rings. The molecule has 1 aromatic carbocycles. The zero-order chi connectivity index (χ0) is 12.7. The van der Waals surface area contributed by atoms with E-state index in [-0.39, 0.29) is 17.8 Å². The molecular formula is C14H17FN2O. The number of fused-ring (bicyclic) bond motifs is 1. The van der Waals surface area contributed by atoms with Crippen LogP contribution in [-0.4, -0.2) is 18.5 Å². The number of carbonyl (C=O) groups is 1. The van der Waals surface area contributed by atoms with E-state index in [1.807, 2.05) is 0 Å². The summed E-state index contributed by atoms with van der Waals surface area (Å²) in [5.41, 5.74) is 7.75. The minimum atomic E-state index is -0.292. The smallest absolute Gasteiger partial charge is 0.228 e. The second-order valence-electron chi connectivity index (χ2n) is 5.27. The summed E-state index contributed by atoms with van der Waals surface area (Å²) in [4.78, 5) is 13.9. The van der Waals surface area contributed by atoms with Gasteiger partial charge < -0.3 is 10.6 Å². The molecule has 1 aromatic rings. The van der Waals surface area contributed by atoms with E-state index in [4.69, 9.17) is 5.73 Å². The molecule has 1 amide bonds. The Kier molecular flexibility index (Phi) is 2.82. The van der Waals surface area contributed by atoms with Crippen LogP contribution >= 0.6 is 0 Å². The highest BCUT2D eigenvalue weighted by molar-refractivity contribution is 5.95. The molecule has 96 valence electrons. The zero-order valence-electron chi connectivity index (χ0n) is 10.2. The van der Waals surface area contributed by atoms with Gasteiger partial charge in [0.2, 0.25) is 5.91 Å². The molecule has 18 heavy (non-hydrogen) atoms. The second kappa shape index (κ2) is 4.35. The Bertz CT molecular complexity index is 485. The number of benzene rings is 1. The summed E-state index contributed by atoms with van der Waals surface area (Å²) in [7, 11) is 0. The van der Waals surface area contributed by atoms with Gasteiger partial charge in [0.05, 0.1) is 0 Å². The molecule has 0 bridgehead atoms. The number of carbonyl (C=O) groups excluding carboxylic acids is 1. The van der Waals surface area contributed by atoms with Crippen LogP contribution in [0.2, 0.25) is 0 Å². The SMILES string of the molecule is NC(CC(=O)N1CCc2ccc(F)cc21)C1CC1. The van der Waals surface area contributed by atoms with Crippen molar-refractivity contribution in [2.45, 2.75) is 31.7 Å². The third-order valence-electron chi connectivity index (χ3n) is 3.88. The van der Waals surface area contributed by atoms with Crippen molar-refractivity contribution in [1.29, 1.82) is 0 Å². The third-order valence-corrected chi connectivity index (χ3v) is 3.88. The Hall–Kier alpha value is -1.42. The minimum Gasteiger partial charge on any atom is -0.327 e. The van der Waals surface area contributed by atoms with Crippen LogP contribution in [0.3, 0.4) is 0 Å². The summed E-state index contributed by atoms with van der Waals surface area (Å²) >= 11 is 0.